The Labute approximate surface area is 191 Å². The van der Waals surface area contributed by atoms with Crippen molar-refractivity contribution in [2.75, 3.05) is 46.4 Å². The molecule has 1 amide bonds. The number of methoxy groups -OCH3 is 1. The minimum atomic E-state index is 0.0380. The SMILES string of the molecule is CCOc1c(Cl)cc(/C=C/C(=O)N2CCC(CN3CC(C)OC(C)C3)CC2)cc1OC. The molecule has 0 saturated carbocycles. The van der Waals surface area contributed by atoms with Crippen LogP contribution in [0, 0.1) is 5.92 Å². The van der Waals surface area contributed by atoms with Crippen LogP contribution < -0.4 is 9.47 Å². The summed E-state index contributed by atoms with van der Waals surface area (Å²) in [6.07, 6.45) is 6.09. The van der Waals surface area contributed by atoms with Gasteiger partial charge in [-0.25, -0.2) is 0 Å². The number of carbonyl (C=O) groups excluding carboxylic acids is 1. The van der Waals surface area contributed by atoms with Crippen molar-refractivity contribution in [1.29, 1.82) is 0 Å². The molecular weight excluding hydrogens is 416 g/mol. The van der Waals surface area contributed by atoms with Gasteiger partial charge in [-0.3, -0.25) is 9.69 Å². The molecule has 2 heterocycles. The minimum Gasteiger partial charge on any atom is -0.493 e. The van der Waals surface area contributed by atoms with Gasteiger partial charge in [0.1, 0.15) is 0 Å². The number of carbonyl (C=O) groups is 1. The predicted octanol–water partition coefficient (Wildman–Crippen LogP) is 4.11. The van der Waals surface area contributed by atoms with E-state index in [1.165, 1.54) is 0 Å². The third-order valence-corrected chi connectivity index (χ3v) is 6.18. The van der Waals surface area contributed by atoms with Gasteiger partial charge in [0, 0.05) is 38.8 Å². The second kappa shape index (κ2) is 11.2. The fraction of sp³-hybridized carbons (Fsp3) is 0.625. The Balaban J connectivity index is 1.52. The molecule has 0 radical (unpaired) electrons. The summed E-state index contributed by atoms with van der Waals surface area (Å²) in [5, 5.41) is 0.473. The molecule has 6 nitrogen and oxygen atoms in total. The molecule has 0 spiro atoms. The predicted molar refractivity (Wildman–Crippen MR) is 124 cm³/mol. The summed E-state index contributed by atoms with van der Waals surface area (Å²) >= 11 is 6.32. The van der Waals surface area contributed by atoms with Crippen LogP contribution in [0.5, 0.6) is 11.5 Å². The zero-order valence-corrected chi connectivity index (χ0v) is 19.9. The second-order valence-corrected chi connectivity index (χ2v) is 8.95. The fourth-order valence-electron chi connectivity index (χ4n) is 4.53. The maximum atomic E-state index is 12.7. The number of ether oxygens (including phenoxy) is 3. The Bertz CT molecular complexity index is 767. The van der Waals surface area contributed by atoms with E-state index in [-0.39, 0.29) is 5.91 Å². The molecule has 1 aromatic rings. The van der Waals surface area contributed by atoms with Crippen LogP contribution >= 0.6 is 11.6 Å². The van der Waals surface area contributed by atoms with Crippen LogP contribution in [0.1, 0.15) is 39.2 Å². The maximum absolute atomic E-state index is 12.7. The van der Waals surface area contributed by atoms with E-state index >= 15 is 0 Å². The normalized spacial score (nSPS) is 23.3. The third kappa shape index (κ3) is 6.61. The molecule has 2 fully saturated rings. The number of benzene rings is 1. The molecule has 3 rings (SSSR count). The van der Waals surface area contributed by atoms with Gasteiger partial charge in [0.05, 0.1) is 30.9 Å². The van der Waals surface area contributed by atoms with E-state index in [1.807, 2.05) is 17.9 Å². The molecule has 31 heavy (non-hydrogen) atoms. The van der Waals surface area contributed by atoms with Crippen molar-refractivity contribution >= 4 is 23.6 Å². The van der Waals surface area contributed by atoms with Gasteiger partial charge in [0.2, 0.25) is 5.91 Å². The lowest BCUT2D eigenvalue weighted by Gasteiger charge is -2.39. The lowest BCUT2D eigenvalue weighted by atomic mass is 9.95. The zero-order valence-electron chi connectivity index (χ0n) is 19.1. The highest BCUT2D eigenvalue weighted by Gasteiger charge is 2.27. The second-order valence-electron chi connectivity index (χ2n) is 8.54. The molecule has 2 aliphatic rings. The average molecular weight is 451 g/mol. The number of amides is 1. The topological polar surface area (TPSA) is 51.2 Å². The van der Waals surface area contributed by atoms with Crippen LogP contribution in [0.25, 0.3) is 6.08 Å². The lowest BCUT2D eigenvalue weighted by Crippen LogP contribution is -2.48. The molecule has 0 N–H and O–H groups in total. The van der Waals surface area contributed by atoms with E-state index in [0.717, 1.165) is 51.1 Å². The molecule has 0 aromatic heterocycles. The van der Waals surface area contributed by atoms with Crippen LogP contribution in [-0.4, -0.2) is 74.4 Å². The molecular formula is C24H35ClN2O4. The summed E-state index contributed by atoms with van der Waals surface area (Å²) in [5.74, 6) is 1.77. The monoisotopic (exact) mass is 450 g/mol. The maximum Gasteiger partial charge on any atom is 0.246 e. The van der Waals surface area contributed by atoms with Crippen LogP contribution in [0.4, 0.5) is 0 Å². The summed E-state index contributed by atoms with van der Waals surface area (Å²) in [6, 6.07) is 3.62. The van der Waals surface area contributed by atoms with Crippen molar-refractivity contribution in [2.45, 2.75) is 45.8 Å². The molecule has 2 aliphatic heterocycles. The molecule has 1 aromatic carbocycles. The summed E-state index contributed by atoms with van der Waals surface area (Å²) in [4.78, 5) is 17.1. The number of morpholine rings is 1. The Morgan fingerprint density at radius 1 is 1.23 bits per heavy atom. The van der Waals surface area contributed by atoms with Crippen molar-refractivity contribution in [3.8, 4) is 11.5 Å². The molecule has 2 atom stereocenters. The van der Waals surface area contributed by atoms with Gasteiger partial charge in [-0.05, 0) is 63.3 Å². The Morgan fingerprint density at radius 2 is 1.90 bits per heavy atom. The Hall–Kier alpha value is -1.76. The zero-order chi connectivity index (χ0) is 22.4. The van der Waals surface area contributed by atoms with Crippen molar-refractivity contribution in [3.63, 3.8) is 0 Å². The molecule has 2 unspecified atom stereocenters. The third-order valence-electron chi connectivity index (χ3n) is 5.90. The van der Waals surface area contributed by atoms with Gasteiger partial charge in [-0.2, -0.15) is 0 Å². The molecule has 0 aliphatic carbocycles. The van der Waals surface area contributed by atoms with Crippen LogP contribution in [0.3, 0.4) is 0 Å². The Morgan fingerprint density at radius 3 is 2.52 bits per heavy atom. The first-order chi connectivity index (χ1) is 14.9. The van der Waals surface area contributed by atoms with E-state index in [4.69, 9.17) is 25.8 Å². The van der Waals surface area contributed by atoms with E-state index in [9.17, 15) is 4.79 Å². The van der Waals surface area contributed by atoms with Gasteiger partial charge in [-0.15, -0.1) is 0 Å². The number of piperidine rings is 1. The summed E-state index contributed by atoms with van der Waals surface area (Å²) in [7, 11) is 1.58. The van der Waals surface area contributed by atoms with Crippen LogP contribution in [0.15, 0.2) is 18.2 Å². The number of hydrogen-bond acceptors (Lipinski definition) is 5. The van der Waals surface area contributed by atoms with Gasteiger partial charge in [0.25, 0.3) is 0 Å². The summed E-state index contributed by atoms with van der Waals surface area (Å²) in [5.41, 5.74) is 0.809. The number of rotatable bonds is 7. The molecule has 172 valence electrons. The summed E-state index contributed by atoms with van der Waals surface area (Å²) in [6.45, 7) is 11.4. The number of nitrogens with zero attached hydrogens (tertiary/aromatic N) is 2. The molecule has 2 saturated heterocycles. The van der Waals surface area contributed by atoms with Gasteiger partial charge < -0.3 is 19.1 Å². The summed E-state index contributed by atoms with van der Waals surface area (Å²) < 4.78 is 16.8. The highest BCUT2D eigenvalue weighted by molar-refractivity contribution is 6.32. The van der Waals surface area contributed by atoms with Crippen molar-refractivity contribution < 1.29 is 19.0 Å². The first-order valence-corrected chi connectivity index (χ1v) is 11.6. The van der Waals surface area contributed by atoms with E-state index < -0.39 is 0 Å². The van der Waals surface area contributed by atoms with Crippen LogP contribution in [0.2, 0.25) is 5.02 Å². The van der Waals surface area contributed by atoms with E-state index in [0.29, 0.717) is 41.3 Å². The number of likely N-dealkylation sites (tertiary alicyclic amines) is 1. The first kappa shape index (κ1) is 23.9. The Kier molecular flexibility index (Phi) is 8.64. The number of halogens is 1. The quantitative estimate of drug-likeness (QED) is 0.585. The van der Waals surface area contributed by atoms with Gasteiger partial charge in [-0.1, -0.05) is 11.6 Å². The number of hydrogen-bond donors (Lipinski definition) is 0. The van der Waals surface area contributed by atoms with E-state index in [1.54, 1.807) is 25.3 Å². The van der Waals surface area contributed by atoms with Gasteiger partial charge in [0.15, 0.2) is 11.5 Å². The highest BCUT2D eigenvalue weighted by Crippen LogP contribution is 2.36. The van der Waals surface area contributed by atoms with Crippen molar-refractivity contribution in [2.24, 2.45) is 5.92 Å². The van der Waals surface area contributed by atoms with E-state index in [2.05, 4.69) is 18.7 Å². The lowest BCUT2D eigenvalue weighted by molar-refractivity contribution is -0.127. The smallest absolute Gasteiger partial charge is 0.246 e. The molecule has 0 bridgehead atoms. The largest absolute Gasteiger partial charge is 0.493 e. The fourth-order valence-corrected chi connectivity index (χ4v) is 4.80. The van der Waals surface area contributed by atoms with Crippen molar-refractivity contribution in [1.82, 2.24) is 9.80 Å². The average Bonchev–Trinajstić information content (AvgIpc) is 2.73. The van der Waals surface area contributed by atoms with Gasteiger partial charge >= 0.3 is 0 Å². The minimum absolute atomic E-state index is 0.0380. The van der Waals surface area contributed by atoms with Crippen LogP contribution in [-0.2, 0) is 9.53 Å². The van der Waals surface area contributed by atoms with Crippen molar-refractivity contribution in [3.05, 3.63) is 28.8 Å². The first-order valence-electron chi connectivity index (χ1n) is 11.2. The molecule has 7 heteroatoms. The standard InChI is InChI=1S/C24H35ClN2O4/c1-5-30-24-21(25)12-20(13-22(24)29-4)6-7-23(28)27-10-8-19(9-11-27)16-26-14-17(2)31-18(3)15-26/h6-7,12-13,17-19H,5,8-11,14-16H2,1-4H3/b7-6+. The highest BCUT2D eigenvalue weighted by atomic mass is 35.5.